The first-order valence-corrected chi connectivity index (χ1v) is 4.99. The van der Waals surface area contributed by atoms with Crippen molar-refractivity contribution in [3.63, 3.8) is 0 Å². The summed E-state index contributed by atoms with van der Waals surface area (Å²) in [4.78, 5) is 0. The summed E-state index contributed by atoms with van der Waals surface area (Å²) in [6.45, 7) is 3.24. The van der Waals surface area contributed by atoms with Crippen molar-refractivity contribution in [2.24, 2.45) is 0 Å². The summed E-state index contributed by atoms with van der Waals surface area (Å²) in [5, 5.41) is 0. The molecule has 0 heterocycles. The molecular formula is C4H9BrO2S. The van der Waals surface area contributed by atoms with Crippen molar-refractivity contribution in [3.8, 4) is 0 Å². The van der Waals surface area contributed by atoms with Gasteiger partial charge in [0, 0.05) is 5.75 Å². The van der Waals surface area contributed by atoms with E-state index in [1.54, 1.807) is 13.8 Å². The molecule has 0 radical (unpaired) electrons. The Kier molecular flexibility index (Phi) is 2.98. The summed E-state index contributed by atoms with van der Waals surface area (Å²) in [6, 6.07) is 0. The Bertz CT molecular complexity index is 147. The molecule has 1 atom stereocenters. The van der Waals surface area contributed by atoms with E-state index in [1.165, 1.54) is 0 Å². The van der Waals surface area contributed by atoms with Crippen LogP contribution >= 0.6 is 15.9 Å². The van der Waals surface area contributed by atoms with Crippen LogP contribution in [0.5, 0.6) is 0 Å². The minimum Gasteiger partial charge on any atom is -0.228 e. The quantitative estimate of drug-likeness (QED) is 0.628. The van der Waals surface area contributed by atoms with Crippen LogP contribution in [0.2, 0.25) is 0 Å². The summed E-state index contributed by atoms with van der Waals surface area (Å²) in [5.74, 6) is 0.208. The van der Waals surface area contributed by atoms with E-state index in [-0.39, 0.29) is 5.75 Å². The molecular weight excluding hydrogens is 192 g/mol. The third-order valence-electron chi connectivity index (χ3n) is 0.897. The zero-order valence-corrected chi connectivity index (χ0v) is 7.29. The third-order valence-corrected chi connectivity index (χ3v) is 4.40. The van der Waals surface area contributed by atoms with Gasteiger partial charge in [0.15, 0.2) is 9.84 Å². The predicted octanol–water partition coefficient (Wildman–Crippen LogP) is 1.16. The second-order valence-electron chi connectivity index (χ2n) is 1.49. The molecule has 50 valence electrons. The van der Waals surface area contributed by atoms with Gasteiger partial charge in [0.25, 0.3) is 0 Å². The Hall–Kier alpha value is 0.430. The average molecular weight is 201 g/mol. The van der Waals surface area contributed by atoms with Crippen molar-refractivity contribution in [2.45, 2.75) is 18.0 Å². The van der Waals surface area contributed by atoms with Gasteiger partial charge in [-0.1, -0.05) is 22.9 Å². The first-order chi connectivity index (χ1) is 3.50. The molecule has 0 aromatic heterocycles. The van der Waals surface area contributed by atoms with Gasteiger partial charge in [-0.2, -0.15) is 0 Å². The van der Waals surface area contributed by atoms with Crippen LogP contribution in [0.3, 0.4) is 0 Å². The lowest BCUT2D eigenvalue weighted by Crippen LogP contribution is -2.12. The highest BCUT2D eigenvalue weighted by molar-refractivity contribution is 9.11. The van der Waals surface area contributed by atoms with Gasteiger partial charge in [0.1, 0.15) is 4.16 Å². The van der Waals surface area contributed by atoms with Gasteiger partial charge < -0.3 is 0 Å². The molecule has 1 unspecified atom stereocenters. The minimum atomic E-state index is -2.82. The Balaban J connectivity index is 4.17. The third kappa shape index (κ3) is 2.13. The predicted molar refractivity (Wildman–Crippen MR) is 37.8 cm³/mol. The molecule has 0 amide bonds. The van der Waals surface area contributed by atoms with Crippen LogP contribution in [0.1, 0.15) is 13.8 Å². The highest BCUT2D eigenvalue weighted by atomic mass is 79.9. The number of halogens is 1. The van der Waals surface area contributed by atoms with Gasteiger partial charge in [-0.25, -0.2) is 8.42 Å². The molecule has 2 nitrogen and oxygen atoms in total. The van der Waals surface area contributed by atoms with Gasteiger partial charge in [-0.15, -0.1) is 0 Å². The molecule has 0 saturated carbocycles. The van der Waals surface area contributed by atoms with Crippen LogP contribution in [-0.2, 0) is 9.84 Å². The average Bonchev–Trinajstić information content (AvgIpc) is 1.67. The normalized spacial score (nSPS) is 15.9. The zero-order valence-electron chi connectivity index (χ0n) is 4.89. The maximum atomic E-state index is 10.7. The fraction of sp³-hybridized carbons (Fsp3) is 1.00. The van der Waals surface area contributed by atoms with Gasteiger partial charge in [-0.05, 0) is 6.92 Å². The van der Waals surface area contributed by atoms with Crippen LogP contribution < -0.4 is 0 Å². The number of sulfone groups is 1. The molecule has 0 N–H and O–H groups in total. The van der Waals surface area contributed by atoms with Crippen LogP contribution in [0.4, 0.5) is 0 Å². The van der Waals surface area contributed by atoms with Gasteiger partial charge in [-0.3, -0.25) is 0 Å². The molecule has 0 rings (SSSR count). The number of rotatable bonds is 2. The number of alkyl halides is 1. The minimum absolute atomic E-state index is 0.208. The maximum Gasteiger partial charge on any atom is 0.162 e. The molecule has 0 saturated heterocycles. The highest BCUT2D eigenvalue weighted by Gasteiger charge is 2.13. The van der Waals surface area contributed by atoms with E-state index in [9.17, 15) is 8.42 Å². The van der Waals surface area contributed by atoms with Crippen molar-refractivity contribution in [1.29, 1.82) is 0 Å². The summed E-state index contributed by atoms with van der Waals surface area (Å²) >= 11 is 2.97. The van der Waals surface area contributed by atoms with Crippen LogP contribution in [0.25, 0.3) is 0 Å². The van der Waals surface area contributed by atoms with Crippen molar-refractivity contribution in [1.82, 2.24) is 0 Å². The number of hydrogen-bond acceptors (Lipinski definition) is 2. The molecule has 0 aliphatic rings. The van der Waals surface area contributed by atoms with Crippen molar-refractivity contribution in [3.05, 3.63) is 0 Å². The highest BCUT2D eigenvalue weighted by Crippen LogP contribution is 2.07. The van der Waals surface area contributed by atoms with Crippen LogP contribution in [0.15, 0.2) is 0 Å². The maximum absolute atomic E-state index is 10.7. The molecule has 0 spiro atoms. The second-order valence-corrected chi connectivity index (χ2v) is 6.08. The van der Waals surface area contributed by atoms with Crippen molar-refractivity contribution in [2.75, 3.05) is 5.75 Å². The molecule has 0 aliphatic carbocycles. The Labute approximate surface area is 58.3 Å². The standard InChI is InChI=1S/C4H9BrO2S/c1-3-8(6,7)4(2)5/h4H,3H2,1-2H3. The Morgan fingerprint density at radius 2 is 2.00 bits per heavy atom. The first-order valence-electron chi connectivity index (χ1n) is 2.36. The molecule has 8 heavy (non-hydrogen) atoms. The second kappa shape index (κ2) is 2.82. The molecule has 4 heteroatoms. The van der Waals surface area contributed by atoms with E-state index >= 15 is 0 Å². The molecule has 0 fully saturated rings. The summed E-state index contributed by atoms with van der Waals surface area (Å²) in [5.41, 5.74) is 0. The van der Waals surface area contributed by atoms with E-state index in [2.05, 4.69) is 15.9 Å². The van der Waals surface area contributed by atoms with Crippen LogP contribution in [-0.4, -0.2) is 18.3 Å². The monoisotopic (exact) mass is 200 g/mol. The van der Waals surface area contributed by atoms with E-state index < -0.39 is 14.0 Å². The molecule has 0 aliphatic heterocycles. The van der Waals surface area contributed by atoms with E-state index in [0.717, 1.165) is 0 Å². The van der Waals surface area contributed by atoms with Crippen molar-refractivity contribution < 1.29 is 8.42 Å². The zero-order chi connectivity index (χ0) is 6.78. The molecule has 0 aromatic rings. The summed E-state index contributed by atoms with van der Waals surface area (Å²) < 4.78 is 20.9. The smallest absolute Gasteiger partial charge is 0.162 e. The van der Waals surface area contributed by atoms with E-state index in [0.29, 0.717) is 0 Å². The van der Waals surface area contributed by atoms with Gasteiger partial charge in [0.2, 0.25) is 0 Å². The lowest BCUT2D eigenvalue weighted by Gasteiger charge is -1.99. The first kappa shape index (κ1) is 8.43. The fourth-order valence-corrected chi connectivity index (χ4v) is 1.48. The Morgan fingerprint density at radius 1 is 1.62 bits per heavy atom. The van der Waals surface area contributed by atoms with Gasteiger partial charge >= 0.3 is 0 Å². The fourth-order valence-electron chi connectivity index (χ4n) is 0.230. The van der Waals surface area contributed by atoms with Crippen molar-refractivity contribution >= 4 is 25.8 Å². The van der Waals surface area contributed by atoms with E-state index in [4.69, 9.17) is 0 Å². The topological polar surface area (TPSA) is 34.1 Å². The molecule has 0 aromatic carbocycles. The number of hydrogen-bond donors (Lipinski definition) is 0. The lowest BCUT2D eigenvalue weighted by molar-refractivity contribution is 0.596. The summed E-state index contributed by atoms with van der Waals surface area (Å²) in [6.07, 6.45) is 0. The summed E-state index contributed by atoms with van der Waals surface area (Å²) in [7, 11) is -2.82. The molecule has 0 bridgehead atoms. The van der Waals surface area contributed by atoms with Crippen LogP contribution in [0, 0.1) is 0 Å². The lowest BCUT2D eigenvalue weighted by atomic mass is 11.0. The van der Waals surface area contributed by atoms with E-state index in [1.807, 2.05) is 0 Å². The Morgan fingerprint density at radius 3 is 2.00 bits per heavy atom. The largest absolute Gasteiger partial charge is 0.228 e. The SMILES string of the molecule is CCS(=O)(=O)C(C)Br. The van der Waals surface area contributed by atoms with Gasteiger partial charge in [0.05, 0.1) is 0 Å².